The molecule has 0 aliphatic carbocycles. The van der Waals surface area contributed by atoms with E-state index in [-0.39, 0.29) is 29.5 Å². The van der Waals surface area contributed by atoms with Gasteiger partial charge in [-0.15, -0.1) is 0 Å². The predicted molar refractivity (Wildman–Crippen MR) is 114 cm³/mol. The molecule has 3 heterocycles. The molecule has 2 atom stereocenters. The summed E-state index contributed by atoms with van der Waals surface area (Å²) < 4.78 is 6.75. The first-order valence-corrected chi connectivity index (χ1v) is 9.87. The number of rotatable bonds is 5. The summed E-state index contributed by atoms with van der Waals surface area (Å²) in [6.45, 7) is 3.86. The number of nitrogens with zero attached hydrogens (tertiary/aromatic N) is 6. The Kier molecular flexibility index (Phi) is 5.35. The van der Waals surface area contributed by atoms with Crippen molar-refractivity contribution in [2.24, 2.45) is 11.8 Å². The van der Waals surface area contributed by atoms with Crippen LogP contribution in [-0.4, -0.2) is 39.8 Å². The summed E-state index contributed by atoms with van der Waals surface area (Å²) in [5.74, 6) is 7.12. The summed E-state index contributed by atoms with van der Waals surface area (Å²) in [5.41, 5.74) is 6.54. The quantitative estimate of drug-likeness (QED) is 0.455. The first-order valence-electron chi connectivity index (χ1n) is 9.49. The van der Waals surface area contributed by atoms with Gasteiger partial charge in [0, 0.05) is 36.8 Å². The maximum atomic E-state index is 12.6. The summed E-state index contributed by atoms with van der Waals surface area (Å²) in [4.78, 5) is 23.4. The van der Waals surface area contributed by atoms with E-state index in [2.05, 4.69) is 26.9 Å². The second-order valence-electron chi connectivity index (χ2n) is 7.54. The molecule has 0 saturated carbocycles. The Labute approximate surface area is 178 Å². The van der Waals surface area contributed by atoms with Crippen molar-refractivity contribution in [2.45, 2.75) is 19.4 Å². The highest BCUT2D eigenvalue weighted by molar-refractivity contribution is 6.30. The van der Waals surface area contributed by atoms with Gasteiger partial charge in [-0.3, -0.25) is 9.36 Å². The molecule has 11 heteroatoms. The number of hydrogen-bond acceptors (Lipinski definition) is 9. The van der Waals surface area contributed by atoms with Crippen LogP contribution in [0.5, 0.6) is 0 Å². The molecule has 1 aliphatic heterocycles. The number of aromatic nitrogens is 4. The maximum Gasteiger partial charge on any atom is 0.280 e. The molecule has 1 fully saturated rings. The van der Waals surface area contributed by atoms with Crippen LogP contribution < -0.4 is 27.0 Å². The standard InChI is InChI=1S/C19H23ClN8O2/c1-11-7-27(13-5-3-4-12(20)6-13)8-14(11)18-24-15(30-25-18)9-28-10-23-17(21)16(19(28)29)26(2)22/h3-6,10-11,14H,7-9,21-22H2,1-2H3/t11?,14-/m0/s1. The van der Waals surface area contributed by atoms with Crippen LogP contribution in [0.3, 0.4) is 0 Å². The topological polar surface area (TPSA) is 132 Å². The van der Waals surface area contributed by atoms with E-state index in [9.17, 15) is 4.79 Å². The normalized spacial score (nSPS) is 18.7. The minimum Gasteiger partial charge on any atom is -0.382 e. The first kappa shape index (κ1) is 20.2. The third-order valence-electron chi connectivity index (χ3n) is 5.30. The highest BCUT2D eigenvalue weighted by Crippen LogP contribution is 2.34. The molecule has 4 rings (SSSR count). The number of halogens is 1. The lowest BCUT2D eigenvalue weighted by molar-refractivity contribution is 0.359. The van der Waals surface area contributed by atoms with E-state index in [1.165, 1.54) is 17.9 Å². The molecule has 1 aliphatic rings. The van der Waals surface area contributed by atoms with Gasteiger partial charge < -0.3 is 20.2 Å². The zero-order valence-corrected chi connectivity index (χ0v) is 17.5. The van der Waals surface area contributed by atoms with Crippen LogP contribution in [0, 0.1) is 5.92 Å². The third-order valence-corrected chi connectivity index (χ3v) is 5.54. The lowest BCUT2D eigenvalue weighted by Crippen LogP contribution is -2.35. The molecule has 0 radical (unpaired) electrons. The molecule has 0 amide bonds. The maximum absolute atomic E-state index is 12.6. The fourth-order valence-corrected chi connectivity index (χ4v) is 3.93. The number of hydrogen-bond donors (Lipinski definition) is 2. The molecule has 10 nitrogen and oxygen atoms in total. The second-order valence-corrected chi connectivity index (χ2v) is 7.97. The highest BCUT2D eigenvalue weighted by Gasteiger charge is 2.34. The average Bonchev–Trinajstić information content (AvgIpc) is 3.30. The Bertz CT molecular complexity index is 1110. The first-order chi connectivity index (χ1) is 14.3. The van der Waals surface area contributed by atoms with Gasteiger partial charge in [-0.05, 0) is 24.1 Å². The molecule has 3 aromatic rings. The fraction of sp³-hybridized carbons (Fsp3) is 0.368. The molecule has 0 spiro atoms. The Morgan fingerprint density at radius 1 is 1.37 bits per heavy atom. The summed E-state index contributed by atoms with van der Waals surface area (Å²) in [7, 11) is 1.52. The smallest absolute Gasteiger partial charge is 0.280 e. The lowest BCUT2D eigenvalue weighted by atomic mass is 9.98. The van der Waals surface area contributed by atoms with Crippen molar-refractivity contribution in [3.05, 3.63) is 57.7 Å². The van der Waals surface area contributed by atoms with Crippen LogP contribution in [0.2, 0.25) is 5.02 Å². The van der Waals surface area contributed by atoms with Crippen LogP contribution in [0.15, 0.2) is 39.9 Å². The fourth-order valence-electron chi connectivity index (χ4n) is 3.75. The lowest BCUT2D eigenvalue weighted by Gasteiger charge is -2.18. The van der Waals surface area contributed by atoms with Crippen molar-refractivity contribution in [2.75, 3.05) is 35.8 Å². The Balaban J connectivity index is 1.52. The Morgan fingerprint density at radius 2 is 2.17 bits per heavy atom. The van der Waals surface area contributed by atoms with Crippen molar-refractivity contribution >= 4 is 28.8 Å². The monoisotopic (exact) mass is 430 g/mol. The molecule has 1 unspecified atom stereocenters. The van der Waals surface area contributed by atoms with E-state index in [4.69, 9.17) is 27.7 Å². The third kappa shape index (κ3) is 3.83. The summed E-state index contributed by atoms with van der Waals surface area (Å²) in [6.07, 6.45) is 1.34. The molecule has 2 aromatic heterocycles. The van der Waals surface area contributed by atoms with Crippen LogP contribution in [0.25, 0.3) is 0 Å². The molecule has 0 bridgehead atoms. The van der Waals surface area contributed by atoms with E-state index in [1.807, 2.05) is 24.3 Å². The molecule has 30 heavy (non-hydrogen) atoms. The number of hydrazine groups is 1. The van der Waals surface area contributed by atoms with Crippen molar-refractivity contribution in [3.63, 3.8) is 0 Å². The minimum absolute atomic E-state index is 0.0633. The zero-order valence-electron chi connectivity index (χ0n) is 16.7. The van der Waals surface area contributed by atoms with Crippen LogP contribution in [0.4, 0.5) is 17.2 Å². The van der Waals surface area contributed by atoms with Crippen molar-refractivity contribution in [1.29, 1.82) is 0 Å². The summed E-state index contributed by atoms with van der Waals surface area (Å²) in [5, 5.41) is 6.01. The van der Waals surface area contributed by atoms with Gasteiger partial charge in [-0.2, -0.15) is 4.98 Å². The van der Waals surface area contributed by atoms with Gasteiger partial charge in [0.2, 0.25) is 5.89 Å². The van der Waals surface area contributed by atoms with Gasteiger partial charge in [-0.1, -0.05) is 29.7 Å². The number of nitrogen functional groups attached to an aromatic ring is 1. The number of benzene rings is 1. The van der Waals surface area contributed by atoms with E-state index < -0.39 is 0 Å². The number of anilines is 3. The SMILES string of the molecule is CC1CN(c2cccc(Cl)c2)C[C@@H]1c1noc(Cn2cnc(N)c(N(C)N)c2=O)n1. The van der Waals surface area contributed by atoms with Crippen molar-refractivity contribution < 1.29 is 4.52 Å². The van der Waals surface area contributed by atoms with E-state index >= 15 is 0 Å². The van der Waals surface area contributed by atoms with Gasteiger partial charge in [0.25, 0.3) is 5.56 Å². The Morgan fingerprint density at radius 3 is 2.90 bits per heavy atom. The number of nitrogens with two attached hydrogens (primary N) is 2. The van der Waals surface area contributed by atoms with Gasteiger partial charge in [0.1, 0.15) is 12.9 Å². The van der Waals surface area contributed by atoms with E-state index in [0.717, 1.165) is 23.8 Å². The predicted octanol–water partition coefficient (Wildman–Crippen LogP) is 1.46. The van der Waals surface area contributed by atoms with Gasteiger partial charge in [-0.25, -0.2) is 10.8 Å². The average molecular weight is 431 g/mol. The molecule has 158 valence electrons. The Hall–Kier alpha value is -3.11. The molecular formula is C19H23ClN8O2. The summed E-state index contributed by atoms with van der Waals surface area (Å²) >= 11 is 6.13. The molecule has 4 N–H and O–H groups in total. The van der Waals surface area contributed by atoms with Crippen LogP contribution >= 0.6 is 11.6 Å². The minimum atomic E-state index is -0.381. The van der Waals surface area contributed by atoms with Gasteiger partial charge >= 0.3 is 0 Å². The zero-order chi connectivity index (χ0) is 21.4. The molecule has 1 saturated heterocycles. The van der Waals surface area contributed by atoms with Crippen molar-refractivity contribution in [1.82, 2.24) is 19.7 Å². The van der Waals surface area contributed by atoms with Crippen LogP contribution in [0.1, 0.15) is 24.6 Å². The van der Waals surface area contributed by atoms with Crippen molar-refractivity contribution in [3.8, 4) is 0 Å². The van der Waals surface area contributed by atoms with Gasteiger partial charge in [0.15, 0.2) is 17.3 Å². The van der Waals surface area contributed by atoms with E-state index in [1.54, 1.807) is 0 Å². The molecule has 1 aromatic carbocycles. The van der Waals surface area contributed by atoms with Crippen LogP contribution in [-0.2, 0) is 6.54 Å². The van der Waals surface area contributed by atoms with Gasteiger partial charge in [0.05, 0.1) is 0 Å². The molecular weight excluding hydrogens is 408 g/mol. The van der Waals surface area contributed by atoms with E-state index in [0.29, 0.717) is 22.7 Å². The summed E-state index contributed by atoms with van der Waals surface area (Å²) in [6, 6.07) is 7.78. The second kappa shape index (κ2) is 7.96. The largest absolute Gasteiger partial charge is 0.382 e. The highest BCUT2D eigenvalue weighted by atomic mass is 35.5.